The highest BCUT2D eigenvalue weighted by molar-refractivity contribution is 7.99. The predicted molar refractivity (Wildman–Crippen MR) is 125 cm³/mol. The molecule has 0 unspecified atom stereocenters. The first-order chi connectivity index (χ1) is 15.1. The van der Waals surface area contributed by atoms with Crippen LogP contribution in [0.15, 0.2) is 88.9 Å². The second-order valence-corrected chi connectivity index (χ2v) is 8.29. The van der Waals surface area contributed by atoms with Gasteiger partial charge in [0.2, 0.25) is 0 Å². The number of nitrogens with one attached hydrogen (secondary N) is 1. The monoisotopic (exact) mass is 425 g/mol. The van der Waals surface area contributed by atoms with Crippen molar-refractivity contribution in [2.45, 2.75) is 12.1 Å². The van der Waals surface area contributed by atoms with Gasteiger partial charge in [0, 0.05) is 22.7 Å². The summed E-state index contributed by atoms with van der Waals surface area (Å²) in [7, 11) is 0. The summed E-state index contributed by atoms with van der Waals surface area (Å²) in [4.78, 5) is 34.1. The van der Waals surface area contributed by atoms with Crippen molar-refractivity contribution < 1.29 is 4.79 Å². The van der Waals surface area contributed by atoms with E-state index in [0.29, 0.717) is 21.6 Å². The summed E-state index contributed by atoms with van der Waals surface area (Å²) >= 11 is 1.28. The fraction of sp³-hybridized carbons (Fsp3) is 0.0800. The standard InChI is InChI=1S/C25H19N3O2S/c1-16-10-12-17(13-11-16)28-24(30)19-7-3-5-9-22(19)27-25(28)31-15-23(29)20-14-26-21-8-4-2-6-18(20)21/h2-14,26H,15H2,1H3. The van der Waals surface area contributed by atoms with E-state index < -0.39 is 0 Å². The molecule has 152 valence electrons. The lowest BCUT2D eigenvalue weighted by Crippen LogP contribution is -2.22. The summed E-state index contributed by atoms with van der Waals surface area (Å²) < 4.78 is 1.59. The Morgan fingerprint density at radius 1 is 0.968 bits per heavy atom. The third-order valence-corrected chi connectivity index (χ3v) is 6.20. The normalized spacial score (nSPS) is 11.3. The molecule has 5 nitrogen and oxygen atoms in total. The van der Waals surface area contributed by atoms with Gasteiger partial charge in [-0.25, -0.2) is 4.98 Å². The molecule has 0 amide bonds. The van der Waals surface area contributed by atoms with E-state index in [1.807, 2.05) is 73.7 Å². The molecule has 0 bridgehead atoms. The molecule has 0 spiro atoms. The Kier molecular flexibility index (Phi) is 4.92. The van der Waals surface area contributed by atoms with Gasteiger partial charge in [0.15, 0.2) is 10.9 Å². The zero-order valence-corrected chi connectivity index (χ0v) is 17.6. The number of thioether (sulfide) groups is 1. The van der Waals surface area contributed by atoms with Crippen LogP contribution in [0.4, 0.5) is 0 Å². The molecule has 0 aliphatic rings. The molecule has 31 heavy (non-hydrogen) atoms. The van der Waals surface area contributed by atoms with Gasteiger partial charge in [0.25, 0.3) is 5.56 Å². The Labute approximate surface area is 182 Å². The largest absolute Gasteiger partial charge is 0.360 e. The number of para-hydroxylation sites is 2. The molecule has 0 aliphatic heterocycles. The summed E-state index contributed by atoms with van der Waals surface area (Å²) in [6.07, 6.45) is 1.74. The number of H-pyrrole nitrogens is 1. The Morgan fingerprint density at radius 3 is 2.48 bits per heavy atom. The van der Waals surface area contributed by atoms with Gasteiger partial charge in [0.1, 0.15) is 0 Å². The lowest BCUT2D eigenvalue weighted by molar-refractivity contribution is 0.102. The minimum absolute atomic E-state index is 0.0136. The van der Waals surface area contributed by atoms with E-state index in [1.54, 1.807) is 16.8 Å². The van der Waals surface area contributed by atoms with E-state index in [1.165, 1.54) is 11.8 Å². The highest BCUT2D eigenvalue weighted by Gasteiger charge is 2.17. The van der Waals surface area contributed by atoms with Crippen molar-refractivity contribution in [1.29, 1.82) is 0 Å². The quantitative estimate of drug-likeness (QED) is 0.240. The van der Waals surface area contributed by atoms with Crippen molar-refractivity contribution in [2.75, 3.05) is 5.75 Å². The first-order valence-electron chi connectivity index (χ1n) is 9.93. The first kappa shape index (κ1) is 19.3. The molecule has 0 saturated heterocycles. The Balaban J connectivity index is 1.55. The number of benzene rings is 3. The molecule has 3 aromatic carbocycles. The minimum atomic E-state index is -0.142. The zero-order valence-electron chi connectivity index (χ0n) is 16.8. The van der Waals surface area contributed by atoms with Crippen LogP contribution in [0, 0.1) is 6.92 Å². The van der Waals surface area contributed by atoms with Crippen LogP contribution in [0.5, 0.6) is 0 Å². The lowest BCUT2D eigenvalue weighted by Gasteiger charge is -2.13. The Morgan fingerprint density at radius 2 is 1.68 bits per heavy atom. The number of aryl methyl sites for hydroxylation is 1. The van der Waals surface area contributed by atoms with Crippen LogP contribution in [0.2, 0.25) is 0 Å². The van der Waals surface area contributed by atoms with Crippen molar-refractivity contribution in [3.8, 4) is 5.69 Å². The molecule has 0 atom stereocenters. The van der Waals surface area contributed by atoms with Crippen LogP contribution in [-0.2, 0) is 0 Å². The molecule has 2 heterocycles. The number of carbonyl (C=O) groups excluding carboxylic acids is 1. The number of Topliss-reactive ketones (excluding diaryl/α,β-unsaturated/α-hetero) is 1. The van der Waals surface area contributed by atoms with Gasteiger partial charge in [-0.05, 0) is 37.3 Å². The Bertz CT molecular complexity index is 1480. The van der Waals surface area contributed by atoms with E-state index in [9.17, 15) is 9.59 Å². The molecule has 0 radical (unpaired) electrons. The van der Waals surface area contributed by atoms with Gasteiger partial charge < -0.3 is 4.98 Å². The highest BCUT2D eigenvalue weighted by atomic mass is 32.2. The van der Waals surface area contributed by atoms with Crippen molar-refractivity contribution in [2.24, 2.45) is 0 Å². The predicted octanol–water partition coefficient (Wildman–Crippen LogP) is 5.15. The molecule has 6 heteroatoms. The summed E-state index contributed by atoms with van der Waals surface area (Å²) in [5, 5.41) is 1.95. The number of hydrogen-bond acceptors (Lipinski definition) is 4. The molecule has 1 N–H and O–H groups in total. The lowest BCUT2D eigenvalue weighted by atomic mass is 10.1. The minimum Gasteiger partial charge on any atom is -0.360 e. The van der Waals surface area contributed by atoms with Gasteiger partial charge in [-0.15, -0.1) is 0 Å². The van der Waals surface area contributed by atoms with Gasteiger partial charge >= 0.3 is 0 Å². The topological polar surface area (TPSA) is 67.8 Å². The fourth-order valence-corrected chi connectivity index (χ4v) is 4.54. The van der Waals surface area contributed by atoms with E-state index in [2.05, 4.69) is 4.98 Å². The number of aromatic amines is 1. The summed E-state index contributed by atoms with van der Waals surface area (Å²) in [6, 6.07) is 22.7. The van der Waals surface area contributed by atoms with Gasteiger partial charge in [0.05, 0.1) is 22.3 Å². The maximum atomic E-state index is 13.3. The number of aromatic nitrogens is 3. The van der Waals surface area contributed by atoms with Crippen LogP contribution in [0.25, 0.3) is 27.5 Å². The average Bonchev–Trinajstić information content (AvgIpc) is 3.23. The average molecular weight is 426 g/mol. The number of hydrogen-bond donors (Lipinski definition) is 1. The highest BCUT2D eigenvalue weighted by Crippen LogP contribution is 2.24. The van der Waals surface area contributed by atoms with Crippen LogP contribution in [-0.4, -0.2) is 26.1 Å². The van der Waals surface area contributed by atoms with Gasteiger partial charge in [-0.3, -0.25) is 14.2 Å². The van der Waals surface area contributed by atoms with Crippen molar-refractivity contribution >= 4 is 39.4 Å². The van der Waals surface area contributed by atoms with Crippen LogP contribution in [0.1, 0.15) is 15.9 Å². The Hall–Kier alpha value is -3.64. The van der Waals surface area contributed by atoms with Crippen molar-refractivity contribution in [1.82, 2.24) is 14.5 Å². The second-order valence-electron chi connectivity index (χ2n) is 7.35. The molecular formula is C25H19N3O2S. The molecule has 0 saturated carbocycles. The molecule has 2 aromatic heterocycles. The second kappa shape index (κ2) is 7.89. The van der Waals surface area contributed by atoms with Crippen LogP contribution in [0.3, 0.4) is 0 Å². The van der Waals surface area contributed by atoms with Crippen LogP contribution < -0.4 is 5.56 Å². The number of nitrogens with zero attached hydrogens (tertiary/aromatic N) is 2. The molecule has 5 rings (SSSR count). The van der Waals surface area contributed by atoms with Crippen LogP contribution >= 0.6 is 11.8 Å². The van der Waals surface area contributed by atoms with E-state index in [0.717, 1.165) is 22.2 Å². The van der Waals surface area contributed by atoms with Gasteiger partial charge in [-0.2, -0.15) is 0 Å². The summed E-state index contributed by atoms with van der Waals surface area (Å²) in [6.45, 7) is 2.00. The van der Waals surface area contributed by atoms with Gasteiger partial charge in [-0.1, -0.05) is 59.8 Å². The van der Waals surface area contributed by atoms with E-state index in [-0.39, 0.29) is 17.1 Å². The number of rotatable bonds is 5. The number of carbonyl (C=O) groups is 1. The van der Waals surface area contributed by atoms with E-state index >= 15 is 0 Å². The maximum absolute atomic E-state index is 13.3. The first-order valence-corrected chi connectivity index (χ1v) is 10.9. The van der Waals surface area contributed by atoms with E-state index in [4.69, 9.17) is 4.98 Å². The number of fused-ring (bicyclic) bond motifs is 2. The third kappa shape index (κ3) is 3.55. The summed E-state index contributed by atoms with van der Waals surface area (Å²) in [5.41, 5.74) is 3.89. The summed E-state index contributed by atoms with van der Waals surface area (Å²) in [5.74, 6) is 0.165. The fourth-order valence-electron chi connectivity index (χ4n) is 3.64. The molecule has 0 fully saturated rings. The molecule has 0 aliphatic carbocycles. The maximum Gasteiger partial charge on any atom is 0.266 e. The smallest absolute Gasteiger partial charge is 0.266 e. The third-order valence-electron chi connectivity index (χ3n) is 5.26. The molecule has 5 aromatic rings. The van der Waals surface area contributed by atoms with Crippen molar-refractivity contribution in [3.05, 3.63) is 100 Å². The van der Waals surface area contributed by atoms with Crippen molar-refractivity contribution in [3.63, 3.8) is 0 Å². The zero-order chi connectivity index (χ0) is 21.4. The SMILES string of the molecule is Cc1ccc(-n2c(SCC(=O)c3c[nH]c4ccccc34)nc3ccccc3c2=O)cc1. The number of ketones is 1. The molecular weight excluding hydrogens is 406 g/mol.